The summed E-state index contributed by atoms with van der Waals surface area (Å²) in [5.41, 5.74) is 3.28. The molecule has 4 heterocycles. The number of nitrogens with zero attached hydrogens (tertiary/aromatic N) is 3. The van der Waals surface area contributed by atoms with Crippen molar-refractivity contribution in [1.82, 2.24) is 20.1 Å². The van der Waals surface area contributed by atoms with Crippen LogP contribution in [0.25, 0.3) is 0 Å². The molecule has 0 unspecified atom stereocenters. The normalized spacial score (nSPS) is 22.0. The minimum Gasteiger partial charge on any atom is -0.367 e. The van der Waals surface area contributed by atoms with Gasteiger partial charge >= 0.3 is 0 Å². The smallest absolute Gasteiger partial charge is 0.269 e. The first-order valence-corrected chi connectivity index (χ1v) is 10.9. The zero-order chi connectivity index (χ0) is 22.5. The molecule has 4 aliphatic rings. The molecule has 2 amide bonds. The Morgan fingerprint density at radius 3 is 2.88 bits per heavy atom. The van der Waals surface area contributed by atoms with Gasteiger partial charge in [0.25, 0.3) is 11.8 Å². The van der Waals surface area contributed by atoms with Crippen molar-refractivity contribution in [2.45, 2.75) is 38.7 Å². The number of carbonyl (C=O) groups is 2. The van der Waals surface area contributed by atoms with Gasteiger partial charge in [0.05, 0.1) is 6.54 Å². The summed E-state index contributed by atoms with van der Waals surface area (Å²) in [4.78, 5) is 32.9. The molecule has 0 atom stereocenters. The van der Waals surface area contributed by atoms with Gasteiger partial charge in [0.15, 0.2) is 0 Å². The van der Waals surface area contributed by atoms with Crippen LogP contribution in [-0.2, 0) is 11.3 Å². The van der Waals surface area contributed by atoms with Crippen molar-refractivity contribution in [3.8, 4) is 0 Å². The standard InChI is InChI=1S/C23H25F2N5O2/c1-14-10-15(11-27-20(14)29-8-5-23(24,25)6-9-29)12-30-13-18-17(22(30)32)4-7-26-19(18)28-21(31)16-2-3-16/h4-5,7-8,10,16,27H,2-3,6,9,11-13H2,1H3,(H,26,28,31). The highest BCUT2D eigenvalue weighted by atomic mass is 19.3. The van der Waals surface area contributed by atoms with Crippen LogP contribution >= 0.6 is 0 Å². The SMILES string of the molecule is CC1=C(N2C=CC(F)(F)CC2)NCC(CN2Cc3c(ccnc3NC(=O)C3CC3)C2=O)=C1. The Morgan fingerprint density at radius 1 is 1.38 bits per heavy atom. The predicted octanol–water partition coefficient (Wildman–Crippen LogP) is 3.00. The number of hydrogen-bond donors (Lipinski definition) is 2. The number of pyridine rings is 1. The first-order valence-electron chi connectivity index (χ1n) is 10.9. The van der Waals surface area contributed by atoms with Gasteiger partial charge in [-0.05, 0) is 37.0 Å². The van der Waals surface area contributed by atoms with Crippen molar-refractivity contribution in [3.63, 3.8) is 0 Å². The van der Waals surface area contributed by atoms with E-state index in [1.54, 1.807) is 22.1 Å². The number of dihydropyridines is 1. The van der Waals surface area contributed by atoms with Gasteiger partial charge in [-0.3, -0.25) is 9.59 Å². The van der Waals surface area contributed by atoms with Gasteiger partial charge in [-0.25, -0.2) is 13.8 Å². The number of rotatable bonds is 5. The summed E-state index contributed by atoms with van der Waals surface area (Å²) in [6.07, 6.45) is 7.52. The van der Waals surface area contributed by atoms with E-state index >= 15 is 0 Å². The monoisotopic (exact) mass is 441 g/mol. The van der Waals surface area contributed by atoms with Gasteiger partial charge in [0, 0.05) is 61.6 Å². The fourth-order valence-corrected chi connectivity index (χ4v) is 4.34. The molecule has 1 fully saturated rings. The maximum atomic E-state index is 13.4. The molecule has 0 aromatic carbocycles. The maximum absolute atomic E-state index is 13.4. The molecule has 1 aliphatic carbocycles. The number of nitrogens with one attached hydrogen (secondary N) is 2. The lowest BCUT2D eigenvalue weighted by Gasteiger charge is -2.33. The Balaban J connectivity index is 1.29. The second-order valence-corrected chi connectivity index (χ2v) is 8.82. The zero-order valence-electron chi connectivity index (χ0n) is 17.8. The number of carbonyl (C=O) groups excluding carboxylic acids is 2. The van der Waals surface area contributed by atoms with E-state index < -0.39 is 5.92 Å². The van der Waals surface area contributed by atoms with Crippen LogP contribution in [0.3, 0.4) is 0 Å². The fraction of sp³-hybridized carbons (Fsp3) is 0.435. The molecule has 0 spiro atoms. The molecule has 32 heavy (non-hydrogen) atoms. The van der Waals surface area contributed by atoms with Gasteiger partial charge in [0.1, 0.15) is 11.6 Å². The first-order chi connectivity index (χ1) is 15.3. The molecule has 2 N–H and O–H groups in total. The largest absolute Gasteiger partial charge is 0.367 e. The lowest BCUT2D eigenvalue weighted by atomic mass is 10.1. The van der Waals surface area contributed by atoms with E-state index in [-0.39, 0.29) is 30.7 Å². The molecule has 0 saturated heterocycles. The topological polar surface area (TPSA) is 77.6 Å². The molecule has 7 nitrogen and oxygen atoms in total. The van der Waals surface area contributed by atoms with Crippen molar-refractivity contribution in [1.29, 1.82) is 0 Å². The summed E-state index contributed by atoms with van der Waals surface area (Å²) in [5.74, 6) is -1.53. The Hall–Kier alpha value is -3.23. The molecule has 1 aromatic rings. The van der Waals surface area contributed by atoms with Crippen LogP contribution in [0.2, 0.25) is 0 Å². The van der Waals surface area contributed by atoms with Gasteiger partial charge in [0.2, 0.25) is 5.91 Å². The Morgan fingerprint density at radius 2 is 2.19 bits per heavy atom. The Bertz CT molecular complexity index is 1070. The van der Waals surface area contributed by atoms with Crippen LogP contribution in [0.1, 0.15) is 42.1 Å². The molecule has 1 saturated carbocycles. The van der Waals surface area contributed by atoms with E-state index in [2.05, 4.69) is 15.6 Å². The summed E-state index contributed by atoms with van der Waals surface area (Å²) >= 11 is 0. The second kappa shape index (κ2) is 7.72. The lowest BCUT2D eigenvalue weighted by molar-refractivity contribution is -0.117. The second-order valence-electron chi connectivity index (χ2n) is 8.82. The number of hydrogen-bond acceptors (Lipinski definition) is 5. The van der Waals surface area contributed by atoms with E-state index in [0.29, 0.717) is 31.0 Å². The lowest BCUT2D eigenvalue weighted by Crippen LogP contribution is -2.39. The summed E-state index contributed by atoms with van der Waals surface area (Å²) in [6, 6.07) is 1.69. The summed E-state index contributed by atoms with van der Waals surface area (Å²) in [6.45, 7) is 3.53. The van der Waals surface area contributed by atoms with Gasteiger partial charge in [-0.2, -0.15) is 0 Å². The predicted molar refractivity (Wildman–Crippen MR) is 115 cm³/mol. The molecule has 0 bridgehead atoms. The van der Waals surface area contributed by atoms with E-state index in [9.17, 15) is 18.4 Å². The average molecular weight is 441 g/mol. The van der Waals surface area contributed by atoms with E-state index in [0.717, 1.165) is 41.4 Å². The van der Waals surface area contributed by atoms with Gasteiger partial charge < -0.3 is 20.4 Å². The highest BCUT2D eigenvalue weighted by molar-refractivity contribution is 6.02. The first kappa shape index (κ1) is 20.7. The van der Waals surface area contributed by atoms with Crippen LogP contribution in [-0.4, -0.2) is 52.2 Å². The number of amides is 2. The van der Waals surface area contributed by atoms with E-state index in [4.69, 9.17) is 0 Å². The third-order valence-electron chi connectivity index (χ3n) is 6.25. The summed E-state index contributed by atoms with van der Waals surface area (Å²) < 4.78 is 26.8. The molecule has 1 aromatic heterocycles. The number of allylic oxidation sites excluding steroid dienone is 3. The highest BCUT2D eigenvalue weighted by Gasteiger charge is 2.35. The van der Waals surface area contributed by atoms with Crippen molar-refractivity contribution < 1.29 is 18.4 Å². The average Bonchev–Trinajstić information content (AvgIpc) is 3.55. The molecular weight excluding hydrogens is 416 g/mol. The van der Waals surface area contributed by atoms with Crippen LogP contribution in [0.4, 0.5) is 14.6 Å². The van der Waals surface area contributed by atoms with E-state index in [1.165, 1.54) is 6.20 Å². The maximum Gasteiger partial charge on any atom is 0.269 e. The number of anilines is 1. The van der Waals surface area contributed by atoms with Crippen molar-refractivity contribution in [3.05, 3.63) is 58.7 Å². The molecule has 5 rings (SSSR count). The fourth-order valence-electron chi connectivity index (χ4n) is 4.34. The third kappa shape index (κ3) is 3.99. The van der Waals surface area contributed by atoms with Crippen LogP contribution in [0.5, 0.6) is 0 Å². The molecular formula is C23H25F2N5O2. The van der Waals surface area contributed by atoms with Crippen molar-refractivity contribution in [2.75, 3.05) is 25.0 Å². The van der Waals surface area contributed by atoms with Crippen LogP contribution in [0.15, 0.2) is 47.6 Å². The number of fused-ring (bicyclic) bond motifs is 1. The number of alkyl halides is 2. The summed E-state index contributed by atoms with van der Waals surface area (Å²) in [5, 5.41) is 6.19. The summed E-state index contributed by atoms with van der Waals surface area (Å²) in [7, 11) is 0. The Kier molecular flexibility index (Phi) is 4.98. The molecule has 3 aliphatic heterocycles. The number of aromatic nitrogens is 1. The molecule has 168 valence electrons. The zero-order valence-corrected chi connectivity index (χ0v) is 17.8. The minimum absolute atomic E-state index is 0.0335. The van der Waals surface area contributed by atoms with Crippen molar-refractivity contribution >= 4 is 17.6 Å². The minimum atomic E-state index is -2.75. The third-order valence-corrected chi connectivity index (χ3v) is 6.25. The van der Waals surface area contributed by atoms with Gasteiger partial charge in [-0.1, -0.05) is 6.08 Å². The highest BCUT2D eigenvalue weighted by Crippen LogP contribution is 2.33. The van der Waals surface area contributed by atoms with E-state index in [1.807, 2.05) is 13.0 Å². The van der Waals surface area contributed by atoms with Crippen LogP contribution < -0.4 is 10.6 Å². The van der Waals surface area contributed by atoms with Gasteiger partial charge in [-0.15, -0.1) is 0 Å². The van der Waals surface area contributed by atoms with Crippen molar-refractivity contribution in [2.24, 2.45) is 5.92 Å². The van der Waals surface area contributed by atoms with Crippen LogP contribution in [0, 0.1) is 5.92 Å². The molecule has 9 heteroatoms. The molecule has 0 radical (unpaired) electrons. The number of halogens is 2. The Labute approximate surface area is 184 Å². The quantitative estimate of drug-likeness (QED) is 0.735.